The molecule has 0 aliphatic heterocycles. The summed E-state index contributed by atoms with van der Waals surface area (Å²) in [6.07, 6.45) is 12.1. The molecule has 4 aliphatic rings. The van der Waals surface area contributed by atoms with Crippen LogP contribution in [-0.2, 0) is 4.74 Å². The van der Waals surface area contributed by atoms with Crippen LogP contribution in [0, 0.1) is 40.8 Å². The molecular weight excluding hydrogens is 389 g/mol. The molecule has 0 aromatic heterocycles. The van der Waals surface area contributed by atoms with Crippen molar-refractivity contribution in [2.75, 3.05) is 19.0 Å². The minimum Gasteiger partial charge on any atom is -0.387 e. The molecule has 0 spiro atoms. The second-order valence-corrected chi connectivity index (χ2v) is 11.5. The number of benzene rings is 1. The third kappa shape index (κ3) is 3.93. The quantitative estimate of drug-likeness (QED) is 0.614. The molecule has 172 valence electrons. The number of rotatable bonds is 4. The van der Waals surface area contributed by atoms with Crippen LogP contribution in [0.1, 0.15) is 71.1 Å². The summed E-state index contributed by atoms with van der Waals surface area (Å²) in [6, 6.07) is 7.40. The van der Waals surface area contributed by atoms with E-state index in [1.165, 1.54) is 51.4 Å². The summed E-state index contributed by atoms with van der Waals surface area (Å²) < 4.78 is 18.7. The van der Waals surface area contributed by atoms with Gasteiger partial charge < -0.3 is 15.2 Å². The van der Waals surface area contributed by atoms with Crippen LogP contribution in [0.25, 0.3) is 0 Å². The van der Waals surface area contributed by atoms with Crippen molar-refractivity contribution in [3.63, 3.8) is 0 Å². The molecule has 8 atom stereocenters. The first-order valence-corrected chi connectivity index (χ1v) is 12.7. The normalized spacial score (nSPS) is 44.6. The number of aliphatic hydroxyl groups is 1. The van der Waals surface area contributed by atoms with Gasteiger partial charge in [0, 0.05) is 18.8 Å². The number of ether oxygens (including phenoxy) is 1. The summed E-state index contributed by atoms with van der Waals surface area (Å²) >= 11 is 0. The smallest absolute Gasteiger partial charge is 0.123 e. The van der Waals surface area contributed by atoms with Gasteiger partial charge in [-0.3, -0.25) is 0 Å². The van der Waals surface area contributed by atoms with Gasteiger partial charge in [0.15, 0.2) is 0 Å². The molecule has 0 radical (unpaired) electrons. The molecule has 31 heavy (non-hydrogen) atoms. The first-order valence-electron chi connectivity index (χ1n) is 12.7. The summed E-state index contributed by atoms with van der Waals surface area (Å²) in [5, 5.41) is 14.8. The summed E-state index contributed by atoms with van der Waals surface area (Å²) in [7, 11) is 1.71. The van der Waals surface area contributed by atoms with Crippen molar-refractivity contribution in [2.24, 2.45) is 35.0 Å². The lowest BCUT2D eigenvalue weighted by Crippen LogP contribution is -2.57. The topological polar surface area (TPSA) is 41.5 Å². The van der Waals surface area contributed by atoms with Gasteiger partial charge in [-0.25, -0.2) is 4.39 Å². The molecule has 0 heterocycles. The van der Waals surface area contributed by atoms with Crippen molar-refractivity contribution in [3.05, 3.63) is 30.1 Å². The van der Waals surface area contributed by atoms with Gasteiger partial charge in [0.05, 0.1) is 12.2 Å². The Hall–Kier alpha value is -1.13. The Bertz CT molecular complexity index is 769. The minimum absolute atomic E-state index is 0.166. The van der Waals surface area contributed by atoms with Crippen LogP contribution in [0.5, 0.6) is 0 Å². The fourth-order valence-electron chi connectivity index (χ4n) is 8.54. The molecule has 1 aromatic rings. The highest BCUT2D eigenvalue weighted by Gasteiger charge is 2.56. The molecule has 5 rings (SSSR count). The highest BCUT2D eigenvalue weighted by molar-refractivity contribution is 5.44. The first kappa shape index (κ1) is 21.7. The van der Waals surface area contributed by atoms with Crippen LogP contribution in [0.15, 0.2) is 24.3 Å². The zero-order chi connectivity index (χ0) is 21.6. The average molecular weight is 430 g/mol. The van der Waals surface area contributed by atoms with Gasteiger partial charge in [-0.05, 0) is 117 Å². The molecule has 4 fully saturated rings. The lowest BCUT2D eigenvalue weighted by molar-refractivity contribution is -0.132. The Balaban J connectivity index is 1.31. The van der Waals surface area contributed by atoms with Gasteiger partial charge in [0.1, 0.15) is 5.82 Å². The molecule has 4 heteroatoms. The molecule has 0 bridgehead atoms. The van der Waals surface area contributed by atoms with Crippen LogP contribution in [0.4, 0.5) is 10.1 Å². The Labute approximate surface area is 187 Å². The average Bonchev–Trinajstić information content (AvgIpc) is 2.75. The van der Waals surface area contributed by atoms with Gasteiger partial charge in [0.25, 0.3) is 0 Å². The molecular formula is C27H40FNO2. The van der Waals surface area contributed by atoms with E-state index >= 15 is 0 Å². The van der Waals surface area contributed by atoms with E-state index in [0.717, 1.165) is 42.2 Å². The van der Waals surface area contributed by atoms with Crippen LogP contribution in [0.3, 0.4) is 0 Å². The molecule has 4 saturated carbocycles. The van der Waals surface area contributed by atoms with E-state index in [0.29, 0.717) is 24.0 Å². The van der Waals surface area contributed by atoms with E-state index in [1.807, 2.05) is 12.1 Å². The number of nitrogens with one attached hydrogen (secondary N) is 1. The summed E-state index contributed by atoms with van der Waals surface area (Å²) in [5.41, 5.74) is 0.788. The third-order valence-corrected chi connectivity index (χ3v) is 9.94. The monoisotopic (exact) mass is 429 g/mol. The van der Waals surface area contributed by atoms with Gasteiger partial charge in [0.2, 0.25) is 0 Å². The SMILES string of the molecule is COC[C@@]1(O)CC[C@H]2[C@@H](CC[C@@H]3[C@@H]2CC[C@]2(C)[C@H](Nc4ccc(F)cc4)CCC[C@@H]32)C1. The highest BCUT2D eigenvalue weighted by atomic mass is 19.1. The van der Waals surface area contributed by atoms with Crippen LogP contribution in [0.2, 0.25) is 0 Å². The molecule has 1 aromatic carbocycles. The second kappa shape index (κ2) is 8.33. The summed E-state index contributed by atoms with van der Waals surface area (Å²) in [5.74, 6) is 3.78. The fraction of sp³-hybridized carbons (Fsp3) is 0.778. The van der Waals surface area contributed by atoms with E-state index in [1.54, 1.807) is 19.2 Å². The first-order chi connectivity index (χ1) is 14.9. The Kier molecular flexibility index (Phi) is 5.83. The lowest BCUT2D eigenvalue weighted by Gasteiger charge is -2.61. The second-order valence-electron chi connectivity index (χ2n) is 11.5. The maximum absolute atomic E-state index is 13.4. The molecule has 0 amide bonds. The molecule has 4 aliphatic carbocycles. The van der Waals surface area contributed by atoms with E-state index in [-0.39, 0.29) is 5.82 Å². The molecule has 3 nitrogen and oxygen atoms in total. The third-order valence-electron chi connectivity index (χ3n) is 9.94. The van der Waals surface area contributed by atoms with Crippen LogP contribution < -0.4 is 5.32 Å². The van der Waals surface area contributed by atoms with E-state index < -0.39 is 5.60 Å². The fourth-order valence-corrected chi connectivity index (χ4v) is 8.54. The van der Waals surface area contributed by atoms with Crippen molar-refractivity contribution in [3.8, 4) is 0 Å². The van der Waals surface area contributed by atoms with Gasteiger partial charge >= 0.3 is 0 Å². The van der Waals surface area contributed by atoms with Crippen LogP contribution >= 0.6 is 0 Å². The minimum atomic E-state index is -0.596. The number of anilines is 1. The van der Waals surface area contributed by atoms with E-state index in [4.69, 9.17) is 4.74 Å². The number of hydrogen-bond donors (Lipinski definition) is 2. The standard InChI is InChI=1S/C27H40FNO2/c1-26-14-12-22-21-13-15-27(30,17-31-2)16-18(21)6-11-23(22)24(26)4-3-5-25(26)29-20-9-7-19(28)8-10-20/h7-10,18,21-25,29-30H,3-6,11-17H2,1-2H3/t18-,21-,22+,23+,24-,25+,26-,27+/m0/s1. The predicted molar refractivity (Wildman–Crippen MR) is 122 cm³/mol. The summed E-state index contributed by atoms with van der Waals surface area (Å²) in [4.78, 5) is 0. The highest BCUT2D eigenvalue weighted by Crippen LogP contribution is 2.62. The number of halogens is 1. The maximum atomic E-state index is 13.4. The molecule has 0 saturated heterocycles. The van der Waals surface area contributed by atoms with Crippen LogP contribution in [-0.4, -0.2) is 30.5 Å². The van der Waals surface area contributed by atoms with Gasteiger partial charge in [-0.2, -0.15) is 0 Å². The molecule has 0 unspecified atom stereocenters. The number of hydrogen-bond acceptors (Lipinski definition) is 3. The van der Waals surface area contributed by atoms with Crippen molar-refractivity contribution in [1.29, 1.82) is 0 Å². The van der Waals surface area contributed by atoms with E-state index in [9.17, 15) is 9.50 Å². The molecule has 2 N–H and O–H groups in total. The van der Waals surface area contributed by atoms with E-state index in [2.05, 4.69) is 12.2 Å². The largest absolute Gasteiger partial charge is 0.387 e. The Morgan fingerprint density at radius 3 is 2.55 bits per heavy atom. The van der Waals surface area contributed by atoms with Crippen molar-refractivity contribution < 1.29 is 14.2 Å². The maximum Gasteiger partial charge on any atom is 0.123 e. The zero-order valence-electron chi connectivity index (χ0n) is 19.3. The number of fused-ring (bicyclic) bond motifs is 5. The van der Waals surface area contributed by atoms with Gasteiger partial charge in [-0.1, -0.05) is 13.3 Å². The van der Waals surface area contributed by atoms with Crippen molar-refractivity contribution in [2.45, 2.75) is 82.8 Å². The number of methoxy groups -OCH3 is 1. The predicted octanol–water partition coefficient (Wildman–Crippen LogP) is 6.03. The van der Waals surface area contributed by atoms with Crippen molar-refractivity contribution in [1.82, 2.24) is 0 Å². The Morgan fingerprint density at radius 1 is 1.00 bits per heavy atom. The zero-order valence-corrected chi connectivity index (χ0v) is 19.3. The summed E-state index contributed by atoms with van der Waals surface area (Å²) in [6.45, 7) is 3.03. The Morgan fingerprint density at radius 2 is 1.77 bits per heavy atom. The lowest BCUT2D eigenvalue weighted by atomic mass is 9.46. The van der Waals surface area contributed by atoms with Crippen molar-refractivity contribution >= 4 is 5.69 Å². The van der Waals surface area contributed by atoms with Gasteiger partial charge in [-0.15, -0.1) is 0 Å².